The van der Waals surface area contributed by atoms with Gasteiger partial charge in [-0.05, 0) is 89.2 Å². The summed E-state index contributed by atoms with van der Waals surface area (Å²) in [6.45, 7) is 0.916. The van der Waals surface area contributed by atoms with Gasteiger partial charge in [-0.2, -0.15) is 5.26 Å². The van der Waals surface area contributed by atoms with Crippen molar-refractivity contribution in [1.29, 1.82) is 5.26 Å². The van der Waals surface area contributed by atoms with Crippen LogP contribution >= 0.6 is 21.6 Å². The Labute approximate surface area is 510 Å². The molecule has 88 heavy (non-hydrogen) atoms. The van der Waals surface area contributed by atoms with Crippen LogP contribution in [0.4, 0.5) is 18.0 Å². The highest BCUT2D eigenvalue weighted by Crippen LogP contribution is 2.36. The van der Waals surface area contributed by atoms with E-state index in [1.807, 2.05) is 30.3 Å². The number of benzene rings is 3. The largest absolute Gasteiger partial charge is 0.508 e. The lowest BCUT2D eigenvalue weighted by Gasteiger charge is -2.22. The molecule has 0 aliphatic carbocycles. The Balaban J connectivity index is 0.664. The highest BCUT2D eigenvalue weighted by Gasteiger charge is 2.50. The van der Waals surface area contributed by atoms with Crippen LogP contribution in [0.5, 0.6) is 5.88 Å². The van der Waals surface area contributed by atoms with Gasteiger partial charge in [0.05, 0.1) is 36.7 Å². The van der Waals surface area contributed by atoms with Gasteiger partial charge in [0.25, 0.3) is 5.92 Å². The molecule has 9 rings (SSSR count). The molecule has 3 aliphatic heterocycles. The average Bonchev–Trinajstić information content (AvgIpc) is 1.64. The second kappa shape index (κ2) is 27.9. The van der Waals surface area contributed by atoms with Gasteiger partial charge in [-0.3, -0.25) is 33.9 Å². The monoisotopic (exact) mass is 1270 g/mol. The molecule has 460 valence electrons. The average molecular weight is 1270 g/mol. The van der Waals surface area contributed by atoms with E-state index in [9.17, 15) is 65.5 Å². The van der Waals surface area contributed by atoms with Crippen LogP contribution in [0.2, 0.25) is 0 Å². The van der Waals surface area contributed by atoms with Crippen LogP contribution in [0.15, 0.2) is 102 Å². The second-order valence-electron chi connectivity index (χ2n) is 21.1. The summed E-state index contributed by atoms with van der Waals surface area (Å²) in [4.78, 5) is 105. The Kier molecular flexibility index (Phi) is 20.2. The number of hydrogen-bond donors (Lipinski definition) is 4. The molecule has 0 saturated carbocycles. The van der Waals surface area contributed by atoms with Gasteiger partial charge < -0.3 is 45.1 Å². The summed E-state index contributed by atoms with van der Waals surface area (Å²) in [5.74, 6) is -9.38. The zero-order chi connectivity index (χ0) is 62.9. The predicted octanol–water partition coefficient (Wildman–Crippen LogP) is 6.99. The number of nitriles is 1. The zero-order valence-corrected chi connectivity index (χ0v) is 49.8. The fraction of sp³-hybridized carbons (Fsp3) is 0.350. The number of aliphatic carboxylic acids is 1. The van der Waals surface area contributed by atoms with E-state index in [-0.39, 0.29) is 87.4 Å². The summed E-state index contributed by atoms with van der Waals surface area (Å²) in [6.07, 6.45) is 2.19. The molecule has 3 aromatic heterocycles. The molecule has 0 bridgehead atoms. The van der Waals surface area contributed by atoms with Gasteiger partial charge in [-0.25, -0.2) is 36.2 Å². The topological polar surface area (TPSA) is 307 Å². The zero-order valence-electron chi connectivity index (χ0n) is 47.3. The summed E-state index contributed by atoms with van der Waals surface area (Å²) < 4.78 is 85.3. The van der Waals surface area contributed by atoms with Gasteiger partial charge in [-0.15, -0.1) is 0 Å². The first-order chi connectivity index (χ1) is 42.1. The Morgan fingerprint density at radius 2 is 1.70 bits per heavy atom. The number of alkyl halides is 2. The van der Waals surface area contributed by atoms with Crippen molar-refractivity contribution in [1.82, 2.24) is 40.7 Å². The molecule has 4 N–H and O–H groups in total. The number of halogens is 3. The van der Waals surface area contributed by atoms with E-state index in [1.54, 1.807) is 61.9 Å². The van der Waals surface area contributed by atoms with Crippen molar-refractivity contribution in [2.45, 2.75) is 100.0 Å². The van der Waals surface area contributed by atoms with Crippen LogP contribution in [-0.2, 0) is 80.1 Å². The summed E-state index contributed by atoms with van der Waals surface area (Å²) in [5.41, 5.74) is 7.00. The van der Waals surface area contributed by atoms with Crippen LogP contribution in [0, 0.1) is 30.0 Å². The minimum atomic E-state index is -4.12. The molecule has 3 aromatic carbocycles. The van der Waals surface area contributed by atoms with E-state index >= 15 is 0 Å². The van der Waals surface area contributed by atoms with Gasteiger partial charge >= 0.3 is 12.1 Å². The van der Waals surface area contributed by atoms with Crippen molar-refractivity contribution in [3.8, 4) is 34.2 Å². The number of ether oxygens (including phenoxy) is 3. The smallest absolute Gasteiger partial charge is 0.481 e. The van der Waals surface area contributed by atoms with E-state index in [1.165, 1.54) is 41.0 Å². The Bertz CT molecular complexity index is 3860. The number of nitrogens with zero attached hydrogens (tertiary/aromatic N) is 6. The summed E-state index contributed by atoms with van der Waals surface area (Å²) in [7, 11) is -0.422. The van der Waals surface area contributed by atoms with Crippen molar-refractivity contribution < 1.29 is 74.5 Å². The van der Waals surface area contributed by atoms with Crippen molar-refractivity contribution in [2.24, 2.45) is 5.92 Å². The Hall–Kier alpha value is -8.81. The molecular formula is C60H58F3N9O13S3. The quantitative estimate of drug-likeness (QED) is 0.0270. The van der Waals surface area contributed by atoms with Crippen LogP contribution in [0.3, 0.4) is 0 Å². The number of carbonyl (C=O) groups is 7. The van der Waals surface area contributed by atoms with E-state index in [4.69, 9.17) is 14.2 Å². The van der Waals surface area contributed by atoms with E-state index < -0.39 is 105 Å². The number of aryl methyl sites for hydroxylation is 1. The molecule has 22 nitrogen and oxygen atoms in total. The third-order valence-electron chi connectivity index (χ3n) is 14.9. The maximum Gasteiger partial charge on any atom is 0.508 e. The Morgan fingerprint density at radius 1 is 0.920 bits per heavy atom. The Morgan fingerprint density at radius 3 is 2.45 bits per heavy atom. The van der Waals surface area contributed by atoms with Crippen molar-refractivity contribution >= 4 is 84.0 Å². The number of carboxylic acid groups (broad SMARTS) is 1. The van der Waals surface area contributed by atoms with Crippen LogP contribution in [0.1, 0.15) is 65.6 Å². The van der Waals surface area contributed by atoms with Crippen LogP contribution < -0.4 is 20.7 Å². The normalized spacial score (nSPS) is 17.1. The van der Waals surface area contributed by atoms with Gasteiger partial charge in [0.15, 0.2) is 9.84 Å². The minimum Gasteiger partial charge on any atom is -0.481 e. The van der Waals surface area contributed by atoms with Gasteiger partial charge in [0, 0.05) is 103 Å². The maximum atomic E-state index is 14.8. The first-order valence-corrected chi connectivity index (χ1v) is 31.7. The molecule has 0 spiro atoms. The van der Waals surface area contributed by atoms with Crippen molar-refractivity contribution in [3.63, 3.8) is 0 Å². The number of fused-ring (bicyclic) bond motifs is 2. The number of nitrogens with one attached hydrogen (secondary N) is 3. The lowest BCUT2D eigenvalue weighted by molar-refractivity contribution is -0.141. The third-order valence-corrected chi connectivity index (χ3v) is 19.0. The number of carboxylic acids is 1. The maximum absolute atomic E-state index is 14.8. The van der Waals surface area contributed by atoms with Gasteiger partial charge in [0.2, 0.25) is 35.4 Å². The number of aromatic nitrogens is 3. The number of amides is 5. The molecule has 6 heterocycles. The van der Waals surface area contributed by atoms with E-state index in [0.29, 0.717) is 33.5 Å². The van der Waals surface area contributed by atoms with Crippen molar-refractivity contribution in [2.75, 3.05) is 31.8 Å². The second-order valence-corrected chi connectivity index (χ2v) is 25.7. The highest BCUT2D eigenvalue weighted by molar-refractivity contribution is 8.76. The molecule has 0 radical (unpaired) electrons. The van der Waals surface area contributed by atoms with Crippen LogP contribution in [0.25, 0.3) is 33.2 Å². The number of likely N-dealkylation sites (tertiary alicyclic amines) is 1. The minimum absolute atomic E-state index is 0.0475. The number of methoxy groups -OCH3 is 1. The number of pyridine rings is 3. The number of sulfone groups is 1. The predicted molar refractivity (Wildman–Crippen MR) is 315 cm³/mol. The fourth-order valence-electron chi connectivity index (χ4n) is 10.4. The molecular weight excluding hydrogens is 1210 g/mol. The molecule has 1 unspecified atom stereocenters. The lowest BCUT2D eigenvalue weighted by Crippen LogP contribution is -2.46. The summed E-state index contributed by atoms with van der Waals surface area (Å²) in [5, 5.41) is 27.5. The van der Waals surface area contributed by atoms with Crippen LogP contribution in [-0.4, -0.2) is 136 Å². The SMILES string of the molecule is COc1ncc(-c2ccc3nccc(-c4ccc(COC(=O)OCCSSCC(NC(=O)CCC(=O)NCc5cccc6c5CN(C(=O)C[C@@H]5C[C@@H](C(=O)N7CC(F)(F)C[C@H]7C#N)NC5=O)C6)C(=O)O)nc4)c3c2)cc1CS(=O)(=O)c1ccc(C)cc1F. The van der Waals surface area contributed by atoms with Gasteiger partial charge in [-0.1, -0.05) is 58.0 Å². The molecule has 4 atom stereocenters. The summed E-state index contributed by atoms with van der Waals surface area (Å²) in [6, 6.07) is 19.7. The standard InChI is InChI=1S/C60H58F3N9O13S3/c1-34-6-11-51(47(61)18-34)88(81,82)32-41-19-40(27-68-56(41)83-2)35-8-10-48-45(20-35)44(14-15-65-48)37-7-9-42(66-25-37)30-85-59(80)84-16-17-86-87-31-50(58(78)79)69-53(74)13-12-52(73)67-26-36-4-3-5-38-28-71(29-46(36)38)54(75)22-39-21-49(70-55(39)76)57(77)72-33-60(62,63)23-43(72)24-64/h3-11,14-15,18-20,25,27,39,43,49-50H,12-13,16-17,21-23,26,28-33H2,1-2H3,(H,67,73)(H,69,74)(H,70,76)(H,78,79)/t39-,43-,49-,50?/m0/s1. The summed E-state index contributed by atoms with van der Waals surface area (Å²) >= 11 is 0. The number of carbonyl (C=O) groups excluding carboxylic acids is 6. The number of hydrogen-bond acceptors (Lipinski definition) is 18. The first kappa shape index (κ1) is 63.7. The molecule has 6 aromatic rings. The fourth-order valence-corrected chi connectivity index (χ4v) is 13.8. The first-order valence-electron chi connectivity index (χ1n) is 27.5. The molecule has 2 fully saturated rings. The lowest BCUT2D eigenvalue weighted by atomic mass is 9.98. The number of rotatable bonds is 24. The molecule has 28 heteroatoms. The molecule has 2 saturated heterocycles. The highest BCUT2D eigenvalue weighted by atomic mass is 33.1. The van der Waals surface area contributed by atoms with Crippen molar-refractivity contribution in [3.05, 3.63) is 137 Å². The van der Waals surface area contributed by atoms with E-state index in [0.717, 1.165) is 43.3 Å². The third kappa shape index (κ3) is 15.7. The molecule has 5 amide bonds. The van der Waals surface area contributed by atoms with Gasteiger partial charge in [0.1, 0.15) is 42.1 Å². The molecule has 3 aliphatic rings. The van der Waals surface area contributed by atoms with E-state index in [2.05, 4.69) is 30.9 Å².